The maximum absolute atomic E-state index is 3.34. The zero-order valence-corrected chi connectivity index (χ0v) is 8.02. The number of allylic oxidation sites excluding steroid dienone is 1. The van der Waals surface area contributed by atoms with Crippen molar-refractivity contribution < 1.29 is 0 Å². The van der Waals surface area contributed by atoms with Crippen molar-refractivity contribution in [2.75, 3.05) is 0 Å². The Kier molecular flexibility index (Phi) is 2.57. The molecule has 62 valence electrons. The van der Waals surface area contributed by atoms with Crippen LogP contribution in [0.2, 0.25) is 0 Å². The average molecular weight is 150 g/mol. The minimum absolute atomic E-state index is 0.749. The molecule has 1 rings (SSSR count). The fourth-order valence-corrected chi connectivity index (χ4v) is 1.93. The van der Waals surface area contributed by atoms with Crippen LogP contribution < -0.4 is 0 Å². The van der Waals surface area contributed by atoms with Crippen molar-refractivity contribution in [3.05, 3.63) is 17.4 Å². The van der Waals surface area contributed by atoms with E-state index in [2.05, 4.69) is 39.5 Å². The Morgan fingerprint density at radius 3 is 2.64 bits per heavy atom. The summed E-state index contributed by atoms with van der Waals surface area (Å²) in [6, 6.07) is 0. The minimum Gasteiger partial charge on any atom is -0.126 e. The Balaban J connectivity index is 2.75. The zero-order chi connectivity index (χ0) is 8.43. The summed E-state index contributed by atoms with van der Waals surface area (Å²) in [5.41, 5.74) is 4.75. The van der Waals surface area contributed by atoms with Crippen LogP contribution in [0.15, 0.2) is 17.4 Å². The molecule has 0 aromatic carbocycles. The highest BCUT2D eigenvalue weighted by Crippen LogP contribution is 2.29. The molecule has 11 heavy (non-hydrogen) atoms. The van der Waals surface area contributed by atoms with Crippen LogP contribution in [0.5, 0.6) is 0 Å². The molecular formula is C11H18. The molecule has 2 unspecified atom stereocenters. The van der Waals surface area contributed by atoms with Crippen LogP contribution in [0.1, 0.15) is 34.1 Å². The van der Waals surface area contributed by atoms with Crippen LogP contribution in [0.25, 0.3) is 0 Å². The third kappa shape index (κ3) is 1.97. The van der Waals surface area contributed by atoms with E-state index in [-0.39, 0.29) is 0 Å². The van der Waals surface area contributed by atoms with Crippen LogP contribution in [0, 0.1) is 17.8 Å². The van der Waals surface area contributed by atoms with Crippen molar-refractivity contribution >= 4 is 0 Å². The maximum Gasteiger partial charge on any atom is -0.0105 e. The molecule has 0 aromatic rings. The summed E-state index contributed by atoms with van der Waals surface area (Å²) in [6.45, 7) is 9.09. The van der Waals surface area contributed by atoms with E-state index in [1.165, 1.54) is 12.0 Å². The monoisotopic (exact) mass is 150 g/mol. The summed E-state index contributed by atoms with van der Waals surface area (Å²) in [5, 5.41) is 0. The summed E-state index contributed by atoms with van der Waals surface area (Å²) < 4.78 is 0. The van der Waals surface area contributed by atoms with Crippen molar-refractivity contribution in [2.45, 2.75) is 34.1 Å². The SMILES string of the molecule is CC1=C=CC(C(C)C)C(C)C1. The Hall–Kier alpha value is -0.480. The van der Waals surface area contributed by atoms with Crippen molar-refractivity contribution in [1.29, 1.82) is 0 Å². The topological polar surface area (TPSA) is 0 Å². The second-order valence-electron chi connectivity index (χ2n) is 4.09. The quantitative estimate of drug-likeness (QED) is 0.502. The summed E-state index contributed by atoms with van der Waals surface area (Å²) in [6.07, 6.45) is 3.49. The molecule has 0 saturated heterocycles. The molecule has 0 aromatic heterocycles. The van der Waals surface area contributed by atoms with Gasteiger partial charge in [0, 0.05) is 0 Å². The molecule has 0 aliphatic heterocycles. The molecule has 0 heteroatoms. The number of hydrogen-bond donors (Lipinski definition) is 0. The fraction of sp³-hybridized carbons (Fsp3) is 0.727. The predicted molar refractivity (Wildman–Crippen MR) is 49.4 cm³/mol. The molecule has 0 N–H and O–H groups in total. The van der Waals surface area contributed by atoms with E-state index in [1.54, 1.807) is 0 Å². The third-order valence-electron chi connectivity index (χ3n) is 2.58. The first-order chi connectivity index (χ1) is 5.11. The molecule has 0 amide bonds. The van der Waals surface area contributed by atoms with Gasteiger partial charge in [-0.3, -0.25) is 0 Å². The second-order valence-corrected chi connectivity index (χ2v) is 4.09. The van der Waals surface area contributed by atoms with E-state index in [4.69, 9.17) is 0 Å². The van der Waals surface area contributed by atoms with Gasteiger partial charge in [0.2, 0.25) is 0 Å². The molecule has 1 aliphatic rings. The van der Waals surface area contributed by atoms with Gasteiger partial charge >= 0.3 is 0 Å². The molecule has 2 atom stereocenters. The number of hydrogen-bond acceptors (Lipinski definition) is 0. The van der Waals surface area contributed by atoms with Crippen LogP contribution in [0.4, 0.5) is 0 Å². The summed E-state index contributed by atoms with van der Waals surface area (Å²) in [4.78, 5) is 0. The standard InChI is InChI=1S/C11H18/c1-8(2)11-6-5-9(3)7-10(11)4/h6,8,10-11H,7H2,1-4H3. The van der Waals surface area contributed by atoms with Gasteiger partial charge in [0.15, 0.2) is 0 Å². The number of rotatable bonds is 1. The highest BCUT2D eigenvalue weighted by molar-refractivity contribution is 5.08. The Labute approximate surface area is 70.0 Å². The van der Waals surface area contributed by atoms with Gasteiger partial charge in [-0.25, -0.2) is 0 Å². The summed E-state index contributed by atoms with van der Waals surface area (Å²) in [5.74, 6) is 2.33. The van der Waals surface area contributed by atoms with E-state index >= 15 is 0 Å². The third-order valence-corrected chi connectivity index (χ3v) is 2.58. The minimum atomic E-state index is 0.749. The van der Waals surface area contributed by atoms with Crippen LogP contribution >= 0.6 is 0 Å². The average Bonchev–Trinajstić information content (AvgIpc) is 1.85. The zero-order valence-electron chi connectivity index (χ0n) is 8.02. The Bertz CT molecular complexity index is 192. The van der Waals surface area contributed by atoms with E-state index in [0.717, 1.165) is 17.8 Å². The van der Waals surface area contributed by atoms with Crippen molar-refractivity contribution in [3.8, 4) is 0 Å². The van der Waals surface area contributed by atoms with E-state index in [9.17, 15) is 0 Å². The van der Waals surface area contributed by atoms with Crippen molar-refractivity contribution in [3.63, 3.8) is 0 Å². The van der Waals surface area contributed by atoms with Gasteiger partial charge in [-0.05, 0) is 42.7 Å². The van der Waals surface area contributed by atoms with Crippen LogP contribution in [-0.2, 0) is 0 Å². The van der Waals surface area contributed by atoms with Crippen LogP contribution in [-0.4, -0.2) is 0 Å². The lowest BCUT2D eigenvalue weighted by molar-refractivity contribution is 0.326. The first-order valence-corrected chi connectivity index (χ1v) is 4.53. The molecule has 0 fully saturated rings. The van der Waals surface area contributed by atoms with Gasteiger partial charge in [0.25, 0.3) is 0 Å². The maximum atomic E-state index is 3.34. The van der Waals surface area contributed by atoms with Gasteiger partial charge in [-0.15, -0.1) is 5.73 Å². The normalized spacial score (nSPS) is 30.8. The van der Waals surface area contributed by atoms with Gasteiger partial charge in [-0.1, -0.05) is 20.8 Å². The van der Waals surface area contributed by atoms with Crippen molar-refractivity contribution in [2.24, 2.45) is 17.8 Å². The molecular weight excluding hydrogens is 132 g/mol. The largest absolute Gasteiger partial charge is 0.126 e. The molecule has 0 radical (unpaired) electrons. The molecule has 0 spiro atoms. The highest BCUT2D eigenvalue weighted by Gasteiger charge is 2.20. The Morgan fingerprint density at radius 2 is 2.18 bits per heavy atom. The highest BCUT2D eigenvalue weighted by atomic mass is 14.2. The first-order valence-electron chi connectivity index (χ1n) is 4.53. The van der Waals surface area contributed by atoms with Gasteiger partial charge in [0.1, 0.15) is 0 Å². The Morgan fingerprint density at radius 1 is 1.55 bits per heavy atom. The molecule has 0 saturated carbocycles. The first kappa shape index (κ1) is 8.62. The summed E-state index contributed by atoms with van der Waals surface area (Å²) in [7, 11) is 0. The van der Waals surface area contributed by atoms with Crippen molar-refractivity contribution in [1.82, 2.24) is 0 Å². The predicted octanol–water partition coefficient (Wildman–Crippen LogP) is 3.40. The van der Waals surface area contributed by atoms with Gasteiger partial charge in [-0.2, -0.15) is 0 Å². The lowest BCUT2D eigenvalue weighted by Gasteiger charge is -2.26. The van der Waals surface area contributed by atoms with Gasteiger partial charge in [0.05, 0.1) is 0 Å². The lowest BCUT2D eigenvalue weighted by atomic mass is 9.79. The second kappa shape index (κ2) is 3.28. The smallest absolute Gasteiger partial charge is 0.0105 e. The molecule has 1 aliphatic carbocycles. The van der Waals surface area contributed by atoms with E-state index in [0.29, 0.717) is 0 Å². The molecule has 0 nitrogen and oxygen atoms in total. The van der Waals surface area contributed by atoms with E-state index < -0.39 is 0 Å². The molecule has 0 bridgehead atoms. The van der Waals surface area contributed by atoms with Gasteiger partial charge < -0.3 is 0 Å². The van der Waals surface area contributed by atoms with E-state index in [1.807, 2.05) is 0 Å². The fourth-order valence-electron chi connectivity index (χ4n) is 1.93. The van der Waals surface area contributed by atoms with Crippen LogP contribution in [0.3, 0.4) is 0 Å². The molecule has 0 heterocycles. The summed E-state index contributed by atoms with van der Waals surface area (Å²) >= 11 is 0. The lowest BCUT2D eigenvalue weighted by Crippen LogP contribution is -2.17.